The van der Waals surface area contributed by atoms with Crippen molar-refractivity contribution in [1.82, 2.24) is 0 Å². The predicted molar refractivity (Wildman–Crippen MR) is 79.3 cm³/mol. The van der Waals surface area contributed by atoms with Crippen LogP contribution in [0.2, 0.25) is 0 Å². The molecule has 1 atom stereocenters. The molecule has 2 aromatic rings. The Labute approximate surface area is 127 Å². The highest BCUT2D eigenvalue weighted by Gasteiger charge is 2.30. The number of esters is 1. The molecule has 5 heteroatoms. The summed E-state index contributed by atoms with van der Waals surface area (Å²) in [5.74, 6) is -0.147. The molecule has 1 aliphatic rings. The van der Waals surface area contributed by atoms with Gasteiger partial charge in [0.15, 0.2) is 6.10 Å². The van der Waals surface area contributed by atoms with Crippen LogP contribution in [0.5, 0.6) is 5.75 Å². The molecule has 0 radical (unpaired) electrons. The molecule has 0 fully saturated rings. The van der Waals surface area contributed by atoms with Gasteiger partial charge in [-0.2, -0.15) is 0 Å². The lowest BCUT2D eigenvalue weighted by Gasteiger charge is -2.10. The number of ether oxygens (including phenoxy) is 2. The van der Waals surface area contributed by atoms with Gasteiger partial charge in [-0.3, -0.25) is 4.79 Å². The molecular formula is C17H15NO4. The maximum absolute atomic E-state index is 12.0. The molecule has 0 saturated carbocycles. The molecule has 1 heterocycles. The van der Waals surface area contributed by atoms with Crippen molar-refractivity contribution in [2.75, 3.05) is 0 Å². The van der Waals surface area contributed by atoms with Crippen molar-refractivity contribution < 1.29 is 19.1 Å². The van der Waals surface area contributed by atoms with Crippen molar-refractivity contribution in [3.8, 4) is 5.75 Å². The summed E-state index contributed by atoms with van der Waals surface area (Å²) in [5, 5.41) is 0. The van der Waals surface area contributed by atoms with E-state index < -0.39 is 18.0 Å². The molecule has 5 nitrogen and oxygen atoms in total. The van der Waals surface area contributed by atoms with E-state index >= 15 is 0 Å². The Balaban J connectivity index is 1.56. The van der Waals surface area contributed by atoms with Gasteiger partial charge in [0.25, 0.3) is 0 Å². The van der Waals surface area contributed by atoms with Crippen LogP contribution in [0.3, 0.4) is 0 Å². The summed E-state index contributed by atoms with van der Waals surface area (Å²) in [4.78, 5) is 23.0. The van der Waals surface area contributed by atoms with Gasteiger partial charge in [0.2, 0.25) is 5.91 Å². The third-order valence-corrected chi connectivity index (χ3v) is 3.53. The standard InChI is InChI=1S/C17H15NO4/c18-16(19)12-7-5-11(6-8-12)10-21-17(20)15-9-13-3-1-2-4-14(13)22-15/h1-8,15H,9-10H2,(H2,18,19)/t15-/m1/s1. The second kappa shape index (κ2) is 5.89. The Morgan fingerprint density at radius 2 is 1.86 bits per heavy atom. The average molecular weight is 297 g/mol. The Kier molecular flexibility index (Phi) is 3.78. The lowest BCUT2D eigenvalue weighted by molar-refractivity contribution is -0.152. The number of carbonyl (C=O) groups excluding carboxylic acids is 2. The van der Waals surface area contributed by atoms with Crippen molar-refractivity contribution in [2.45, 2.75) is 19.1 Å². The van der Waals surface area contributed by atoms with Crippen LogP contribution < -0.4 is 10.5 Å². The topological polar surface area (TPSA) is 78.6 Å². The van der Waals surface area contributed by atoms with Crippen LogP contribution in [0.25, 0.3) is 0 Å². The summed E-state index contributed by atoms with van der Waals surface area (Å²) in [6.45, 7) is 0.133. The van der Waals surface area contributed by atoms with Crippen LogP contribution in [-0.4, -0.2) is 18.0 Å². The Hall–Kier alpha value is -2.82. The molecule has 112 valence electrons. The normalized spacial score (nSPS) is 15.7. The molecule has 0 spiro atoms. The minimum Gasteiger partial charge on any atom is -0.478 e. The first kappa shape index (κ1) is 14.1. The van der Waals surface area contributed by atoms with E-state index in [1.54, 1.807) is 24.3 Å². The molecule has 1 amide bonds. The van der Waals surface area contributed by atoms with Gasteiger partial charge in [-0.1, -0.05) is 30.3 Å². The maximum Gasteiger partial charge on any atom is 0.348 e. The SMILES string of the molecule is NC(=O)c1ccc(COC(=O)[C@H]2Cc3ccccc3O2)cc1. The molecule has 0 bridgehead atoms. The lowest BCUT2D eigenvalue weighted by atomic mass is 10.1. The highest BCUT2D eigenvalue weighted by molar-refractivity contribution is 5.92. The fraction of sp³-hybridized carbons (Fsp3) is 0.176. The molecule has 0 saturated heterocycles. The Bertz CT molecular complexity index is 684. The first-order valence-electron chi connectivity index (χ1n) is 6.93. The van der Waals surface area contributed by atoms with Gasteiger partial charge in [0.1, 0.15) is 12.4 Å². The lowest BCUT2D eigenvalue weighted by Crippen LogP contribution is -2.27. The summed E-state index contributed by atoms with van der Waals surface area (Å²) >= 11 is 0. The van der Waals surface area contributed by atoms with E-state index in [9.17, 15) is 9.59 Å². The number of rotatable bonds is 4. The molecule has 1 aliphatic heterocycles. The van der Waals surface area contributed by atoms with E-state index in [-0.39, 0.29) is 6.61 Å². The van der Waals surface area contributed by atoms with E-state index in [4.69, 9.17) is 15.2 Å². The highest BCUT2D eigenvalue weighted by Crippen LogP contribution is 2.28. The zero-order chi connectivity index (χ0) is 15.5. The second-order valence-corrected chi connectivity index (χ2v) is 5.09. The van der Waals surface area contributed by atoms with Crippen LogP contribution in [0.1, 0.15) is 21.5 Å². The molecule has 22 heavy (non-hydrogen) atoms. The fourth-order valence-corrected chi connectivity index (χ4v) is 2.33. The van der Waals surface area contributed by atoms with Crippen LogP contribution in [0.15, 0.2) is 48.5 Å². The summed E-state index contributed by atoms with van der Waals surface area (Å²) in [6.07, 6.45) is -0.0717. The van der Waals surface area contributed by atoms with E-state index in [1.165, 1.54) is 0 Å². The molecule has 2 N–H and O–H groups in total. The number of hydrogen-bond acceptors (Lipinski definition) is 4. The van der Waals surface area contributed by atoms with E-state index in [2.05, 4.69) is 0 Å². The maximum atomic E-state index is 12.0. The first-order chi connectivity index (χ1) is 10.6. The fourth-order valence-electron chi connectivity index (χ4n) is 2.33. The van der Waals surface area contributed by atoms with Crippen LogP contribution in [-0.2, 0) is 22.6 Å². The summed E-state index contributed by atoms with van der Waals surface area (Å²) in [6, 6.07) is 14.2. The zero-order valence-electron chi connectivity index (χ0n) is 11.8. The van der Waals surface area contributed by atoms with Gasteiger partial charge in [0.05, 0.1) is 0 Å². The Morgan fingerprint density at radius 3 is 2.55 bits per heavy atom. The average Bonchev–Trinajstić information content (AvgIpc) is 2.97. The van der Waals surface area contributed by atoms with Gasteiger partial charge in [0, 0.05) is 12.0 Å². The quantitative estimate of drug-likeness (QED) is 0.873. The smallest absolute Gasteiger partial charge is 0.348 e. The van der Waals surface area contributed by atoms with Crippen molar-refractivity contribution in [1.29, 1.82) is 0 Å². The van der Waals surface area contributed by atoms with Crippen molar-refractivity contribution in [3.05, 3.63) is 65.2 Å². The third kappa shape index (κ3) is 2.93. The number of carbonyl (C=O) groups is 2. The predicted octanol–water partition coefficient (Wildman–Crippen LogP) is 1.83. The highest BCUT2D eigenvalue weighted by atomic mass is 16.6. The van der Waals surface area contributed by atoms with Crippen LogP contribution in [0, 0.1) is 0 Å². The minimum absolute atomic E-state index is 0.133. The zero-order valence-corrected chi connectivity index (χ0v) is 11.8. The molecule has 2 aromatic carbocycles. The first-order valence-corrected chi connectivity index (χ1v) is 6.93. The number of amides is 1. The summed E-state index contributed by atoms with van der Waals surface area (Å²) in [7, 11) is 0. The van der Waals surface area contributed by atoms with Crippen LogP contribution >= 0.6 is 0 Å². The Morgan fingerprint density at radius 1 is 1.14 bits per heavy atom. The van der Waals surface area contributed by atoms with E-state index in [1.807, 2.05) is 24.3 Å². The minimum atomic E-state index is -0.595. The number of benzene rings is 2. The van der Waals surface area contributed by atoms with E-state index in [0.29, 0.717) is 12.0 Å². The molecule has 0 unspecified atom stereocenters. The summed E-state index contributed by atoms with van der Waals surface area (Å²) in [5.41, 5.74) is 7.39. The molecule has 0 aromatic heterocycles. The largest absolute Gasteiger partial charge is 0.478 e. The molecular weight excluding hydrogens is 282 g/mol. The second-order valence-electron chi connectivity index (χ2n) is 5.09. The number of fused-ring (bicyclic) bond motifs is 1. The number of hydrogen-bond donors (Lipinski definition) is 1. The van der Waals surface area contributed by atoms with Crippen molar-refractivity contribution >= 4 is 11.9 Å². The van der Waals surface area contributed by atoms with Crippen molar-refractivity contribution in [2.24, 2.45) is 5.73 Å². The molecule has 0 aliphatic carbocycles. The van der Waals surface area contributed by atoms with Gasteiger partial charge in [-0.05, 0) is 29.3 Å². The van der Waals surface area contributed by atoms with Gasteiger partial charge < -0.3 is 15.2 Å². The van der Waals surface area contributed by atoms with Gasteiger partial charge in [-0.15, -0.1) is 0 Å². The van der Waals surface area contributed by atoms with Gasteiger partial charge in [-0.25, -0.2) is 4.79 Å². The monoisotopic (exact) mass is 297 g/mol. The van der Waals surface area contributed by atoms with Crippen LogP contribution in [0.4, 0.5) is 0 Å². The number of para-hydroxylation sites is 1. The number of nitrogens with two attached hydrogens (primary N) is 1. The summed E-state index contributed by atoms with van der Waals surface area (Å²) < 4.78 is 10.8. The molecule has 3 rings (SSSR count). The third-order valence-electron chi connectivity index (χ3n) is 3.53. The van der Waals surface area contributed by atoms with Gasteiger partial charge >= 0.3 is 5.97 Å². The van der Waals surface area contributed by atoms with E-state index in [0.717, 1.165) is 16.9 Å². The van der Waals surface area contributed by atoms with Crippen molar-refractivity contribution in [3.63, 3.8) is 0 Å². The number of primary amides is 1.